The van der Waals surface area contributed by atoms with E-state index in [1.807, 2.05) is 0 Å². The smallest absolute Gasteiger partial charge is 0.290 e. The fourth-order valence-corrected chi connectivity index (χ4v) is 1.95. The summed E-state index contributed by atoms with van der Waals surface area (Å²) in [6.07, 6.45) is 4.14. The highest BCUT2D eigenvalue weighted by Crippen LogP contribution is 2.17. The van der Waals surface area contributed by atoms with Gasteiger partial charge in [-0.05, 0) is 38.3 Å². The van der Waals surface area contributed by atoms with Crippen LogP contribution in [0.15, 0.2) is 4.52 Å². The van der Waals surface area contributed by atoms with Gasteiger partial charge in [0.2, 0.25) is 5.89 Å². The Morgan fingerprint density at radius 2 is 2.25 bits per heavy atom. The molecule has 1 aliphatic heterocycles. The van der Waals surface area contributed by atoms with Crippen LogP contribution in [0.25, 0.3) is 0 Å². The van der Waals surface area contributed by atoms with E-state index < -0.39 is 5.91 Å². The number of hydrogen-bond donors (Lipinski definition) is 2. The lowest BCUT2D eigenvalue weighted by atomic mass is 9.93. The first kappa shape index (κ1) is 11.1. The second-order valence-electron chi connectivity index (χ2n) is 4.11. The number of aromatic nitrogens is 2. The van der Waals surface area contributed by atoms with Gasteiger partial charge in [-0.3, -0.25) is 4.79 Å². The van der Waals surface area contributed by atoms with E-state index in [0.717, 1.165) is 25.9 Å². The second kappa shape index (κ2) is 5.07. The van der Waals surface area contributed by atoms with Gasteiger partial charge in [-0.15, -0.1) is 0 Å². The molecule has 16 heavy (non-hydrogen) atoms. The van der Waals surface area contributed by atoms with Crippen molar-refractivity contribution in [2.24, 2.45) is 11.7 Å². The fraction of sp³-hybridized carbons (Fsp3) is 0.700. The predicted octanol–water partition coefficient (Wildman–Crippen LogP) is 0.101. The van der Waals surface area contributed by atoms with Crippen LogP contribution in [0.5, 0.6) is 0 Å². The predicted molar refractivity (Wildman–Crippen MR) is 56.7 cm³/mol. The molecule has 0 aliphatic carbocycles. The van der Waals surface area contributed by atoms with Crippen molar-refractivity contribution in [3.63, 3.8) is 0 Å². The molecule has 1 aromatic rings. The third kappa shape index (κ3) is 2.79. The van der Waals surface area contributed by atoms with Gasteiger partial charge in [-0.25, -0.2) is 0 Å². The number of piperidine rings is 1. The third-order valence-corrected chi connectivity index (χ3v) is 2.91. The van der Waals surface area contributed by atoms with Crippen LogP contribution in [0, 0.1) is 5.92 Å². The molecule has 2 rings (SSSR count). The van der Waals surface area contributed by atoms with Crippen molar-refractivity contribution in [2.45, 2.75) is 25.7 Å². The summed E-state index contributed by atoms with van der Waals surface area (Å²) in [7, 11) is 0. The Balaban J connectivity index is 1.81. The van der Waals surface area contributed by atoms with Crippen LogP contribution in [-0.4, -0.2) is 29.1 Å². The number of nitrogens with zero attached hydrogens (tertiary/aromatic N) is 2. The number of primary amides is 1. The van der Waals surface area contributed by atoms with Crippen molar-refractivity contribution in [3.05, 3.63) is 11.7 Å². The molecule has 0 radical (unpaired) electrons. The molecule has 2 heterocycles. The van der Waals surface area contributed by atoms with E-state index in [2.05, 4.69) is 15.5 Å². The minimum absolute atomic E-state index is 0.0275. The largest absolute Gasteiger partial charge is 0.363 e. The molecular formula is C10H16N4O2. The van der Waals surface area contributed by atoms with Gasteiger partial charge in [0.1, 0.15) is 0 Å². The third-order valence-electron chi connectivity index (χ3n) is 2.91. The Bertz CT molecular complexity index is 357. The van der Waals surface area contributed by atoms with Crippen LogP contribution in [0.2, 0.25) is 0 Å². The Kier molecular flexibility index (Phi) is 3.51. The van der Waals surface area contributed by atoms with Gasteiger partial charge in [0.15, 0.2) is 0 Å². The van der Waals surface area contributed by atoms with Crippen molar-refractivity contribution >= 4 is 5.91 Å². The molecule has 0 bridgehead atoms. The van der Waals surface area contributed by atoms with Crippen molar-refractivity contribution in [2.75, 3.05) is 13.1 Å². The van der Waals surface area contributed by atoms with Gasteiger partial charge in [-0.1, -0.05) is 5.16 Å². The van der Waals surface area contributed by atoms with Crippen molar-refractivity contribution in [1.29, 1.82) is 0 Å². The summed E-state index contributed by atoms with van der Waals surface area (Å²) in [5.74, 6) is 0.551. The topological polar surface area (TPSA) is 94.0 Å². The summed E-state index contributed by atoms with van der Waals surface area (Å²) < 4.78 is 4.94. The molecule has 6 heteroatoms. The monoisotopic (exact) mass is 224 g/mol. The van der Waals surface area contributed by atoms with Gasteiger partial charge in [0, 0.05) is 6.42 Å². The van der Waals surface area contributed by atoms with Gasteiger partial charge in [0.25, 0.3) is 11.7 Å². The van der Waals surface area contributed by atoms with E-state index >= 15 is 0 Å². The van der Waals surface area contributed by atoms with E-state index in [4.69, 9.17) is 10.3 Å². The van der Waals surface area contributed by atoms with E-state index in [0.29, 0.717) is 11.8 Å². The summed E-state index contributed by atoms with van der Waals surface area (Å²) in [5.41, 5.74) is 5.03. The van der Waals surface area contributed by atoms with E-state index in [-0.39, 0.29) is 5.82 Å². The molecule has 1 aliphatic rings. The number of nitrogens with two attached hydrogens (primary N) is 1. The Morgan fingerprint density at radius 1 is 1.50 bits per heavy atom. The number of carbonyl (C=O) groups excluding carboxylic acids is 1. The highest BCUT2D eigenvalue weighted by Gasteiger charge is 2.16. The minimum Gasteiger partial charge on any atom is -0.363 e. The molecule has 6 nitrogen and oxygen atoms in total. The zero-order valence-electron chi connectivity index (χ0n) is 9.11. The number of amides is 1. The number of hydrogen-bond acceptors (Lipinski definition) is 5. The van der Waals surface area contributed by atoms with Gasteiger partial charge in [-0.2, -0.15) is 4.98 Å². The lowest BCUT2D eigenvalue weighted by Gasteiger charge is -2.21. The molecule has 1 saturated heterocycles. The van der Waals surface area contributed by atoms with Gasteiger partial charge in [0.05, 0.1) is 0 Å². The maximum atomic E-state index is 10.7. The quantitative estimate of drug-likeness (QED) is 0.756. The maximum Gasteiger partial charge on any atom is 0.290 e. The van der Waals surface area contributed by atoms with Gasteiger partial charge >= 0.3 is 0 Å². The first-order valence-electron chi connectivity index (χ1n) is 5.59. The molecule has 1 aromatic heterocycles. The van der Waals surface area contributed by atoms with Crippen molar-refractivity contribution in [1.82, 2.24) is 15.5 Å². The number of rotatable bonds is 4. The highest BCUT2D eigenvalue weighted by molar-refractivity contribution is 5.88. The molecule has 0 spiro atoms. The molecule has 0 saturated carbocycles. The average molecular weight is 224 g/mol. The molecule has 0 unspecified atom stereocenters. The molecule has 0 aromatic carbocycles. The van der Waals surface area contributed by atoms with E-state index in [9.17, 15) is 4.79 Å². The van der Waals surface area contributed by atoms with Crippen LogP contribution in [0.3, 0.4) is 0 Å². The van der Waals surface area contributed by atoms with Crippen molar-refractivity contribution in [3.8, 4) is 0 Å². The summed E-state index contributed by atoms with van der Waals surface area (Å²) >= 11 is 0. The van der Waals surface area contributed by atoms with Crippen LogP contribution in [0.4, 0.5) is 0 Å². The minimum atomic E-state index is -0.642. The lowest BCUT2D eigenvalue weighted by molar-refractivity contribution is 0.0987. The molecular weight excluding hydrogens is 208 g/mol. The molecule has 0 atom stereocenters. The maximum absolute atomic E-state index is 10.7. The highest BCUT2D eigenvalue weighted by atomic mass is 16.5. The summed E-state index contributed by atoms with van der Waals surface area (Å²) in [6.45, 7) is 2.17. The fourth-order valence-electron chi connectivity index (χ4n) is 1.95. The first-order valence-corrected chi connectivity index (χ1v) is 5.59. The SMILES string of the molecule is NC(=O)c1noc(CCC2CCNCC2)n1. The lowest BCUT2D eigenvalue weighted by Crippen LogP contribution is -2.27. The van der Waals surface area contributed by atoms with Gasteiger partial charge < -0.3 is 15.6 Å². The van der Waals surface area contributed by atoms with Crippen LogP contribution < -0.4 is 11.1 Å². The zero-order chi connectivity index (χ0) is 11.4. The number of carbonyl (C=O) groups is 1. The van der Waals surface area contributed by atoms with E-state index in [1.165, 1.54) is 12.8 Å². The summed E-state index contributed by atoms with van der Waals surface area (Å²) in [5, 5.41) is 6.83. The van der Waals surface area contributed by atoms with Crippen molar-refractivity contribution < 1.29 is 9.32 Å². The Labute approximate surface area is 93.6 Å². The number of nitrogens with one attached hydrogen (secondary N) is 1. The normalized spacial score (nSPS) is 17.5. The standard InChI is InChI=1S/C10H16N4O2/c11-9(15)10-13-8(16-14-10)2-1-7-3-5-12-6-4-7/h7,12H,1-6H2,(H2,11,15). The average Bonchev–Trinajstić information content (AvgIpc) is 2.76. The van der Waals surface area contributed by atoms with Crippen LogP contribution in [0.1, 0.15) is 35.8 Å². The first-order chi connectivity index (χ1) is 7.75. The zero-order valence-corrected chi connectivity index (χ0v) is 9.11. The number of aryl methyl sites for hydroxylation is 1. The van der Waals surface area contributed by atoms with Crippen LogP contribution >= 0.6 is 0 Å². The summed E-state index contributed by atoms with van der Waals surface area (Å²) in [4.78, 5) is 14.7. The molecule has 1 amide bonds. The molecule has 3 N–H and O–H groups in total. The van der Waals surface area contributed by atoms with Crippen LogP contribution in [-0.2, 0) is 6.42 Å². The summed E-state index contributed by atoms with van der Waals surface area (Å²) in [6, 6.07) is 0. The Morgan fingerprint density at radius 3 is 2.88 bits per heavy atom. The second-order valence-corrected chi connectivity index (χ2v) is 4.11. The Hall–Kier alpha value is -1.43. The molecule has 88 valence electrons. The molecule has 1 fully saturated rings. The van der Waals surface area contributed by atoms with E-state index in [1.54, 1.807) is 0 Å².